The standard InChI is InChI=1S/C29H40FNO3S2/c1-5-22(2)19-27(8-6-7-23(21-30)13-17-35)36-18-16-31-14-11-24-9-10-26(20-25(24)12-15-31)34-29(3,4)28(32)33/h1,6-9,13,17,19-20,22,26,28,32-33,35H,10-12,14-16,18,21H2,2-4H3/b8-6+,17-13-,23-7+,27-19-. The molecule has 198 valence electrons. The maximum absolute atomic E-state index is 13.0. The Labute approximate surface area is 226 Å². The summed E-state index contributed by atoms with van der Waals surface area (Å²) in [5, 5.41) is 20.6. The van der Waals surface area contributed by atoms with Gasteiger partial charge in [-0.05, 0) is 68.2 Å². The lowest BCUT2D eigenvalue weighted by molar-refractivity contribution is -0.203. The number of terminal acetylenes is 1. The van der Waals surface area contributed by atoms with Gasteiger partial charge in [0.25, 0.3) is 0 Å². The lowest BCUT2D eigenvalue weighted by Gasteiger charge is -2.32. The fourth-order valence-corrected chi connectivity index (χ4v) is 5.22. The van der Waals surface area contributed by atoms with Crippen LogP contribution in [0.4, 0.5) is 4.39 Å². The third-order valence-electron chi connectivity index (χ3n) is 6.23. The van der Waals surface area contributed by atoms with Gasteiger partial charge in [0.15, 0.2) is 6.29 Å². The van der Waals surface area contributed by atoms with Crippen molar-refractivity contribution < 1.29 is 19.3 Å². The normalized spacial score (nSPS) is 21.4. The molecule has 2 rings (SSSR count). The predicted molar refractivity (Wildman–Crippen MR) is 153 cm³/mol. The molecule has 0 bridgehead atoms. The quantitative estimate of drug-likeness (QED) is 0.132. The lowest BCUT2D eigenvalue weighted by Crippen LogP contribution is -2.41. The molecule has 0 aromatic rings. The van der Waals surface area contributed by atoms with Crippen molar-refractivity contribution in [2.24, 2.45) is 5.92 Å². The number of rotatable bonds is 12. The molecule has 2 aliphatic rings. The summed E-state index contributed by atoms with van der Waals surface area (Å²) in [6.07, 6.45) is 20.3. The van der Waals surface area contributed by atoms with E-state index < -0.39 is 18.6 Å². The Bertz CT molecular complexity index is 941. The van der Waals surface area contributed by atoms with E-state index in [0.717, 1.165) is 49.6 Å². The second-order valence-electron chi connectivity index (χ2n) is 9.55. The van der Waals surface area contributed by atoms with Gasteiger partial charge in [0.05, 0.1) is 6.10 Å². The molecule has 1 heterocycles. The van der Waals surface area contributed by atoms with E-state index in [0.29, 0.717) is 5.57 Å². The van der Waals surface area contributed by atoms with Crippen LogP contribution in [0.3, 0.4) is 0 Å². The lowest BCUT2D eigenvalue weighted by atomic mass is 9.92. The van der Waals surface area contributed by atoms with Crippen LogP contribution in [0.5, 0.6) is 0 Å². The highest BCUT2D eigenvalue weighted by Crippen LogP contribution is 2.31. The highest BCUT2D eigenvalue weighted by molar-refractivity contribution is 8.03. The molecule has 2 N–H and O–H groups in total. The van der Waals surface area contributed by atoms with Crippen LogP contribution in [-0.4, -0.2) is 65.2 Å². The molecule has 0 aromatic carbocycles. The third-order valence-corrected chi connectivity index (χ3v) is 7.38. The van der Waals surface area contributed by atoms with Gasteiger partial charge in [-0.15, -0.1) is 18.2 Å². The summed E-state index contributed by atoms with van der Waals surface area (Å²) in [6.45, 7) is 7.77. The summed E-state index contributed by atoms with van der Waals surface area (Å²) in [5.74, 6) is 3.69. The van der Waals surface area contributed by atoms with Crippen molar-refractivity contribution in [3.8, 4) is 12.3 Å². The van der Waals surface area contributed by atoms with Gasteiger partial charge in [0.2, 0.25) is 0 Å². The topological polar surface area (TPSA) is 52.9 Å². The van der Waals surface area contributed by atoms with E-state index in [9.17, 15) is 14.6 Å². The Morgan fingerprint density at radius 2 is 2.06 bits per heavy atom. The summed E-state index contributed by atoms with van der Waals surface area (Å²) in [6, 6.07) is 0. The summed E-state index contributed by atoms with van der Waals surface area (Å²) in [7, 11) is 0. The van der Waals surface area contributed by atoms with Gasteiger partial charge in [-0.1, -0.05) is 42.4 Å². The first-order valence-electron chi connectivity index (χ1n) is 12.4. The number of fused-ring (bicyclic) bond motifs is 1. The second-order valence-corrected chi connectivity index (χ2v) is 11.0. The smallest absolute Gasteiger partial charge is 0.180 e. The number of aliphatic hydroxyl groups is 2. The maximum atomic E-state index is 13.0. The van der Waals surface area contributed by atoms with Gasteiger partial charge in [-0.25, -0.2) is 4.39 Å². The summed E-state index contributed by atoms with van der Waals surface area (Å²) >= 11 is 5.77. The Balaban J connectivity index is 1.94. The van der Waals surface area contributed by atoms with E-state index in [1.165, 1.54) is 16.6 Å². The van der Waals surface area contributed by atoms with Gasteiger partial charge in [0, 0.05) is 36.2 Å². The SMILES string of the molecule is C#CC(C)/C=C(/C=C/C=C(\C=C/S)CF)SCCN1CCC2=CCC(OC(C)(C)C(O)O)C=C2CC1. The number of ether oxygens (including phenoxy) is 1. The molecular weight excluding hydrogens is 493 g/mol. The van der Waals surface area contributed by atoms with E-state index in [2.05, 4.69) is 41.7 Å². The minimum atomic E-state index is -1.52. The molecule has 1 aliphatic carbocycles. The molecule has 2 unspecified atom stereocenters. The zero-order chi connectivity index (χ0) is 26.6. The summed E-state index contributed by atoms with van der Waals surface area (Å²) in [5.41, 5.74) is 2.24. The fraction of sp³-hybridized carbons (Fsp3) is 0.517. The Kier molecular flexibility index (Phi) is 13.4. The average Bonchev–Trinajstić information content (AvgIpc) is 3.04. The molecule has 1 fully saturated rings. The van der Waals surface area contributed by atoms with Crippen LogP contribution in [0, 0.1) is 18.3 Å². The van der Waals surface area contributed by atoms with E-state index in [1.54, 1.807) is 37.8 Å². The van der Waals surface area contributed by atoms with Gasteiger partial charge in [-0.3, -0.25) is 0 Å². The molecule has 0 radical (unpaired) electrons. The average molecular weight is 534 g/mol. The van der Waals surface area contributed by atoms with Gasteiger partial charge < -0.3 is 19.8 Å². The summed E-state index contributed by atoms with van der Waals surface area (Å²) < 4.78 is 19.0. The van der Waals surface area contributed by atoms with Gasteiger partial charge >= 0.3 is 0 Å². The molecule has 4 nitrogen and oxygen atoms in total. The van der Waals surface area contributed by atoms with Gasteiger partial charge in [0.1, 0.15) is 12.3 Å². The molecule has 7 heteroatoms. The molecule has 0 spiro atoms. The van der Waals surface area contributed by atoms with Crippen LogP contribution in [0.25, 0.3) is 0 Å². The van der Waals surface area contributed by atoms with Gasteiger partial charge in [-0.2, -0.15) is 12.6 Å². The summed E-state index contributed by atoms with van der Waals surface area (Å²) in [4.78, 5) is 3.56. The first-order chi connectivity index (χ1) is 17.2. The minimum Gasteiger partial charge on any atom is -0.366 e. The van der Waals surface area contributed by atoms with Crippen molar-refractivity contribution >= 4 is 24.4 Å². The number of allylic oxidation sites excluding steroid dienone is 6. The van der Waals surface area contributed by atoms with E-state index >= 15 is 0 Å². The molecule has 1 aliphatic heterocycles. The predicted octanol–water partition coefficient (Wildman–Crippen LogP) is 5.60. The number of halogens is 1. The van der Waals surface area contributed by atoms with Crippen molar-refractivity contribution in [2.45, 2.75) is 58.0 Å². The molecule has 0 aromatic heterocycles. The van der Waals surface area contributed by atoms with Crippen LogP contribution in [0.1, 0.15) is 40.0 Å². The van der Waals surface area contributed by atoms with Crippen LogP contribution < -0.4 is 0 Å². The first-order valence-corrected chi connectivity index (χ1v) is 13.9. The largest absolute Gasteiger partial charge is 0.366 e. The van der Waals surface area contributed by atoms with Crippen LogP contribution >= 0.6 is 24.4 Å². The zero-order valence-corrected chi connectivity index (χ0v) is 23.3. The highest BCUT2D eigenvalue weighted by Gasteiger charge is 2.31. The molecule has 0 amide bonds. The number of nitrogens with zero attached hydrogens (tertiary/aromatic N) is 1. The van der Waals surface area contributed by atoms with Crippen molar-refractivity contribution in [1.29, 1.82) is 0 Å². The van der Waals surface area contributed by atoms with Crippen molar-refractivity contribution in [3.63, 3.8) is 0 Å². The van der Waals surface area contributed by atoms with Crippen LogP contribution in [-0.2, 0) is 4.74 Å². The van der Waals surface area contributed by atoms with Crippen molar-refractivity contribution in [3.05, 3.63) is 69.6 Å². The van der Waals surface area contributed by atoms with Crippen LogP contribution in [0.15, 0.2) is 69.6 Å². The molecular formula is C29H40FNO3S2. The minimum absolute atomic E-state index is 0.0198. The van der Waals surface area contributed by atoms with E-state index in [1.807, 2.05) is 19.1 Å². The number of hydrogen-bond acceptors (Lipinski definition) is 6. The molecule has 1 saturated heterocycles. The number of alkyl halides is 1. The van der Waals surface area contributed by atoms with Crippen LogP contribution in [0.2, 0.25) is 0 Å². The zero-order valence-electron chi connectivity index (χ0n) is 21.6. The van der Waals surface area contributed by atoms with Crippen molar-refractivity contribution in [2.75, 3.05) is 32.1 Å². The number of aliphatic hydroxyl groups excluding tert-OH is 1. The molecule has 36 heavy (non-hydrogen) atoms. The van der Waals surface area contributed by atoms with E-state index in [-0.39, 0.29) is 12.0 Å². The highest BCUT2D eigenvalue weighted by atomic mass is 32.2. The maximum Gasteiger partial charge on any atom is 0.180 e. The molecule has 2 atom stereocenters. The fourth-order valence-electron chi connectivity index (χ4n) is 3.97. The Morgan fingerprint density at radius 1 is 1.33 bits per heavy atom. The number of likely N-dealkylation sites (tertiary alicyclic amines) is 1. The Hall–Kier alpha value is -1.53. The monoisotopic (exact) mass is 533 g/mol. The third kappa shape index (κ3) is 10.5. The second kappa shape index (κ2) is 15.7. The first kappa shape index (κ1) is 30.7. The van der Waals surface area contributed by atoms with Crippen molar-refractivity contribution in [1.82, 2.24) is 4.90 Å². The number of hydrogen-bond donors (Lipinski definition) is 3. The molecule has 0 saturated carbocycles. The number of thiol groups is 1. The Morgan fingerprint density at radius 3 is 2.69 bits per heavy atom. The number of thioether (sulfide) groups is 1. The van der Waals surface area contributed by atoms with E-state index in [4.69, 9.17) is 11.2 Å².